The zero-order valence-corrected chi connectivity index (χ0v) is 18.4. The van der Waals surface area contributed by atoms with Gasteiger partial charge in [0.15, 0.2) is 0 Å². The molecule has 0 bridgehead atoms. The Morgan fingerprint density at radius 3 is 2.30 bits per heavy atom. The maximum absolute atomic E-state index is 11.6. The minimum Gasteiger partial charge on any atom is -0.459 e. The average molecular weight is 475 g/mol. The Balaban J connectivity index is 2.28. The highest BCUT2D eigenvalue weighted by Crippen LogP contribution is 2.51. The molecule has 3 nitrogen and oxygen atoms in total. The molecule has 0 spiro atoms. The molecular formula is C17H27Br2ClO3. The standard InChI is InChI=1S/C17H27Br2ClO3/c1-10(21)22-14-9-12(18)15(2,3)23-17(14,5)11-6-7-16(4,20)13(19)8-11/h11-14H,6-9H2,1-5H3/t11-,12+,13-,14+,16-,17+/m0/s1. The van der Waals surface area contributed by atoms with E-state index in [-0.39, 0.29) is 32.2 Å². The lowest BCUT2D eigenvalue weighted by molar-refractivity contribution is -0.246. The van der Waals surface area contributed by atoms with Gasteiger partial charge in [-0.1, -0.05) is 31.9 Å². The third kappa shape index (κ3) is 4.09. The highest BCUT2D eigenvalue weighted by molar-refractivity contribution is 9.09. The van der Waals surface area contributed by atoms with Gasteiger partial charge in [0.1, 0.15) is 11.7 Å². The molecule has 0 aromatic carbocycles. The number of hydrogen-bond donors (Lipinski definition) is 0. The van der Waals surface area contributed by atoms with Crippen LogP contribution < -0.4 is 0 Å². The predicted molar refractivity (Wildman–Crippen MR) is 101 cm³/mol. The van der Waals surface area contributed by atoms with Crippen molar-refractivity contribution in [1.29, 1.82) is 0 Å². The van der Waals surface area contributed by atoms with Crippen LogP contribution in [0, 0.1) is 5.92 Å². The Labute approximate surface area is 161 Å². The van der Waals surface area contributed by atoms with Crippen LogP contribution in [0.3, 0.4) is 0 Å². The summed E-state index contributed by atoms with van der Waals surface area (Å²) in [6, 6.07) is 0. The first-order valence-electron chi connectivity index (χ1n) is 8.23. The van der Waals surface area contributed by atoms with Gasteiger partial charge in [-0.2, -0.15) is 0 Å². The van der Waals surface area contributed by atoms with E-state index in [4.69, 9.17) is 21.1 Å². The molecule has 134 valence electrons. The molecule has 0 unspecified atom stereocenters. The number of halogens is 3. The maximum Gasteiger partial charge on any atom is 0.303 e. The minimum atomic E-state index is -0.501. The number of hydrogen-bond acceptors (Lipinski definition) is 3. The molecule has 1 aliphatic heterocycles. The maximum atomic E-state index is 11.6. The molecule has 1 saturated carbocycles. The summed E-state index contributed by atoms with van der Waals surface area (Å²) < 4.78 is 12.2. The van der Waals surface area contributed by atoms with Crippen molar-refractivity contribution in [1.82, 2.24) is 0 Å². The van der Waals surface area contributed by atoms with E-state index in [1.807, 2.05) is 0 Å². The van der Waals surface area contributed by atoms with E-state index < -0.39 is 5.60 Å². The highest BCUT2D eigenvalue weighted by atomic mass is 79.9. The lowest BCUT2D eigenvalue weighted by Crippen LogP contribution is -2.63. The van der Waals surface area contributed by atoms with Crippen LogP contribution in [-0.4, -0.2) is 37.8 Å². The highest BCUT2D eigenvalue weighted by Gasteiger charge is 2.56. The van der Waals surface area contributed by atoms with Gasteiger partial charge in [-0.3, -0.25) is 4.79 Å². The first-order valence-corrected chi connectivity index (χ1v) is 10.4. The number of esters is 1. The van der Waals surface area contributed by atoms with Crippen molar-refractivity contribution in [2.45, 2.75) is 92.1 Å². The van der Waals surface area contributed by atoms with Crippen molar-refractivity contribution < 1.29 is 14.3 Å². The first kappa shape index (κ1) is 20.0. The molecular weight excluding hydrogens is 447 g/mol. The molecule has 2 fully saturated rings. The lowest BCUT2D eigenvalue weighted by atomic mass is 9.69. The molecule has 6 heteroatoms. The average Bonchev–Trinajstić information content (AvgIpc) is 2.38. The number of carbonyl (C=O) groups excluding carboxylic acids is 1. The molecule has 1 saturated heterocycles. The van der Waals surface area contributed by atoms with Crippen LogP contribution in [0.1, 0.15) is 60.3 Å². The SMILES string of the molecule is CC(=O)O[C@@H]1C[C@@H](Br)C(C)(C)O[C@]1(C)[C@H]1CC[C@](C)(Cl)[C@@H](Br)C1. The normalized spacial score (nSPS) is 47.1. The number of ether oxygens (including phenoxy) is 2. The Bertz CT molecular complexity index is 469. The van der Waals surface area contributed by atoms with Crippen molar-refractivity contribution in [2.75, 3.05) is 0 Å². The quantitative estimate of drug-likeness (QED) is 0.408. The molecule has 0 aromatic heterocycles. The Hall–Kier alpha value is 0.680. The molecule has 0 amide bonds. The summed E-state index contributed by atoms with van der Waals surface area (Å²) in [4.78, 5) is 11.7. The van der Waals surface area contributed by atoms with Crippen molar-refractivity contribution in [3.8, 4) is 0 Å². The van der Waals surface area contributed by atoms with Gasteiger partial charge in [0, 0.05) is 23.0 Å². The van der Waals surface area contributed by atoms with Gasteiger partial charge in [-0.25, -0.2) is 0 Å². The van der Waals surface area contributed by atoms with Crippen LogP contribution in [0.4, 0.5) is 0 Å². The molecule has 0 N–H and O–H groups in total. The van der Waals surface area contributed by atoms with E-state index >= 15 is 0 Å². The summed E-state index contributed by atoms with van der Waals surface area (Å²) in [5.41, 5.74) is -0.812. The van der Waals surface area contributed by atoms with E-state index in [1.54, 1.807) is 0 Å². The first-order chi connectivity index (χ1) is 10.4. The second kappa shape index (κ2) is 6.77. The van der Waals surface area contributed by atoms with Crippen LogP contribution in [-0.2, 0) is 14.3 Å². The van der Waals surface area contributed by atoms with Crippen molar-refractivity contribution in [2.24, 2.45) is 5.92 Å². The summed E-state index contributed by atoms with van der Waals surface area (Å²) >= 11 is 14.0. The summed E-state index contributed by atoms with van der Waals surface area (Å²) in [6.07, 6.45) is 3.31. The topological polar surface area (TPSA) is 35.5 Å². The van der Waals surface area contributed by atoms with E-state index in [0.717, 1.165) is 25.7 Å². The van der Waals surface area contributed by atoms with E-state index in [2.05, 4.69) is 59.6 Å². The fourth-order valence-corrected chi connectivity index (χ4v) is 5.17. The molecule has 0 aromatic rings. The third-order valence-electron chi connectivity index (χ3n) is 5.54. The van der Waals surface area contributed by atoms with Crippen molar-refractivity contribution in [3.05, 3.63) is 0 Å². The van der Waals surface area contributed by atoms with Crippen molar-refractivity contribution >= 4 is 49.4 Å². The summed E-state index contributed by atoms with van der Waals surface area (Å²) in [6.45, 7) is 9.83. The summed E-state index contributed by atoms with van der Waals surface area (Å²) in [5.74, 6) is 0.0416. The predicted octanol–water partition coefficient (Wildman–Crippen LogP) is 5.20. The van der Waals surface area contributed by atoms with Gasteiger partial charge in [0.25, 0.3) is 0 Å². The Morgan fingerprint density at radius 2 is 1.78 bits per heavy atom. The third-order valence-corrected chi connectivity index (χ3v) is 9.12. The fourth-order valence-electron chi connectivity index (χ4n) is 3.86. The van der Waals surface area contributed by atoms with E-state index in [9.17, 15) is 4.79 Å². The van der Waals surface area contributed by atoms with Gasteiger partial charge < -0.3 is 9.47 Å². The van der Waals surface area contributed by atoms with Gasteiger partial charge >= 0.3 is 5.97 Å². The van der Waals surface area contributed by atoms with Crippen LogP contribution >= 0.6 is 43.5 Å². The van der Waals surface area contributed by atoms with Crippen LogP contribution in [0.25, 0.3) is 0 Å². The molecule has 0 radical (unpaired) electrons. The zero-order valence-electron chi connectivity index (χ0n) is 14.5. The van der Waals surface area contributed by atoms with Crippen molar-refractivity contribution in [3.63, 3.8) is 0 Å². The molecule has 1 heterocycles. The largest absolute Gasteiger partial charge is 0.459 e. The second-order valence-electron chi connectivity index (χ2n) is 7.91. The number of rotatable bonds is 2. The molecule has 2 aliphatic rings. The number of carbonyl (C=O) groups is 1. The molecule has 2 rings (SSSR count). The Kier molecular flexibility index (Phi) is 5.89. The molecule has 1 aliphatic carbocycles. The van der Waals surface area contributed by atoms with Gasteiger partial charge in [-0.15, -0.1) is 11.6 Å². The minimum absolute atomic E-state index is 0.147. The Morgan fingerprint density at radius 1 is 1.17 bits per heavy atom. The van der Waals surface area contributed by atoms with Crippen LogP contribution in [0.15, 0.2) is 0 Å². The van der Waals surface area contributed by atoms with Gasteiger partial charge in [0.05, 0.1) is 10.5 Å². The fraction of sp³-hybridized carbons (Fsp3) is 0.941. The summed E-state index contributed by atoms with van der Waals surface area (Å²) in [5, 5.41) is 0. The van der Waals surface area contributed by atoms with Crippen LogP contribution in [0.5, 0.6) is 0 Å². The van der Waals surface area contributed by atoms with E-state index in [1.165, 1.54) is 6.92 Å². The number of alkyl halides is 3. The zero-order chi connectivity index (χ0) is 17.6. The monoisotopic (exact) mass is 472 g/mol. The second-order valence-corrected chi connectivity index (χ2v) is 11.0. The lowest BCUT2D eigenvalue weighted by Gasteiger charge is -2.55. The molecule has 6 atom stereocenters. The van der Waals surface area contributed by atoms with Crippen LogP contribution in [0.2, 0.25) is 0 Å². The summed E-state index contributed by atoms with van der Waals surface area (Å²) in [7, 11) is 0. The van der Waals surface area contributed by atoms with Gasteiger partial charge in [0.2, 0.25) is 0 Å². The van der Waals surface area contributed by atoms with Gasteiger partial charge in [-0.05, 0) is 52.9 Å². The molecule has 23 heavy (non-hydrogen) atoms. The van der Waals surface area contributed by atoms with E-state index in [0.29, 0.717) is 5.92 Å². The smallest absolute Gasteiger partial charge is 0.303 e.